The SMILES string of the molecule is C=C(C)/C=C/c1cc(OC)c(N=O)c(OC)c1. The molecule has 0 saturated carbocycles. The van der Waals surface area contributed by atoms with Crippen molar-refractivity contribution in [3.8, 4) is 11.5 Å². The van der Waals surface area contributed by atoms with Crippen molar-refractivity contribution < 1.29 is 9.47 Å². The molecule has 0 unspecified atom stereocenters. The highest BCUT2D eigenvalue weighted by Gasteiger charge is 2.12. The molecule has 1 rings (SSSR count). The third-order valence-corrected chi connectivity index (χ3v) is 2.15. The fourth-order valence-electron chi connectivity index (χ4n) is 1.34. The molecule has 0 fully saturated rings. The molecule has 0 saturated heterocycles. The molecular weight excluding hydrogens is 218 g/mol. The van der Waals surface area contributed by atoms with Crippen LogP contribution in [0.5, 0.6) is 11.5 Å². The lowest BCUT2D eigenvalue weighted by molar-refractivity contribution is 0.396. The molecule has 0 radical (unpaired) electrons. The summed E-state index contributed by atoms with van der Waals surface area (Å²) in [6.45, 7) is 5.67. The highest BCUT2D eigenvalue weighted by atomic mass is 16.5. The van der Waals surface area contributed by atoms with Crippen molar-refractivity contribution in [1.29, 1.82) is 0 Å². The second-order valence-corrected chi connectivity index (χ2v) is 3.55. The molecule has 0 aliphatic rings. The van der Waals surface area contributed by atoms with Crippen molar-refractivity contribution in [2.24, 2.45) is 5.18 Å². The quantitative estimate of drug-likeness (QED) is 0.575. The number of ether oxygens (including phenoxy) is 2. The topological polar surface area (TPSA) is 47.9 Å². The van der Waals surface area contributed by atoms with Gasteiger partial charge in [0.25, 0.3) is 0 Å². The Morgan fingerprint density at radius 1 is 1.29 bits per heavy atom. The van der Waals surface area contributed by atoms with E-state index in [0.29, 0.717) is 11.5 Å². The molecule has 0 N–H and O–H groups in total. The Kier molecular flexibility index (Phi) is 4.46. The first kappa shape index (κ1) is 13.0. The Balaban J connectivity index is 3.26. The van der Waals surface area contributed by atoms with Crippen molar-refractivity contribution in [3.63, 3.8) is 0 Å². The number of hydrogen-bond acceptors (Lipinski definition) is 4. The molecule has 0 heterocycles. The molecule has 0 aliphatic carbocycles. The van der Waals surface area contributed by atoms with Gasteiger partial charge in [0.1, 0.15) is 0 Å². The maximum Gasteiger partial charge on any atom is 0.191 e. The third kappa shape index (κ3) is 3.17. The van der Waals surface area contributed by atoms with E-state index in [4.69, 9.17) is 9.47 Å². The summed E-state index contributed by atoms with van der Waals surface area (Å²) in [5.74, 6) is 0.779. The molecular formula is C13H15NO3. The molecule has 0 bridgehead atoms. The molecule has 0 aliphatic heterocycles. The standard InChI is InChI=1S/C13H15NO3/c1-9(2)5-6-10-7-11(16-3)13(14-15)12(8-10)17-4/h5-8H,1H2,2-4H3/b6-5+. The van der Waals surface area contributed by atoms with Crippen molar-refractivity contribution >= 4 is 11.8 Å². The molecule has 17 heavy (non-hydrogen) atoms. The van der Waals surface area contributed by atoms with Crippen LogP contribution in [0.3, 0.4) is 0 Å². The number of nitroso groups, excluding NO2 is 1. The zero-order valence-electron chi connectivity index (χ0n) is 10.2. The summed E-state index contributed by atoms with van der Waals surface area (Å²) >= 11 is 0. The Morgan fingerprint density at radius 3 is 2.18 bits per heavy atom. The van der Waals surface area contributed by atoms with Crippen LogP contribution in [0.15, 0.2) is 35.5 Å². The summed E-state index contributed by atoms with van der Waals surface area (Å²) in [6.07, 6.45) is 3.73. The minimum absolute atomic E-state index is 0.169. The Morgan fingerprint density at radius 2 is 1.82 bits per heavy atom. The summed E-state index contributed by atoms with van der Waals surface area (Å²) in [6, 6.07) is 3.44. The molecule has 1 aromatic rings. The van der Waals surface area contributed by atoms with Crippen LogP contribution in [0.2, 0.25) is 0 Å². The van der Waals surface area contributed by atoms with Crippen LogP contribution >= 0.6 is 0 Å². The van der Waals surface area contributed by atoms with Crippen LogP contribution in [0.4, 0.5) is 5.69 Å². The van der Waals surface area contributed by atoms with E-state index < -0.39 is 0 Å². The molecule has 0 spiro atoms. The smallest absolute Gasteiger partial charge is 0.191 e. The fraction of sp³-hybridized carbons (Fsp3) is 0.231. The largest absolute Gasteiger partial charge is 0.494 e. The summed E-state index contributed by atoms with van der Waals surface area (Å²) in [7, 11) is 2.96. The van der Waals surface area contributed by atoms with Gasteiger partial charge < -0.3 is 9.47 Å². The number of nitrogens with zero attached hydrogens (tertiary/aromatic N) is 1. The fourth-order valence-corrected chi connectivity index (χ4v) is 1.34. The predicted octanol–water partition coefficient (Wildman–Crippen LogP) is 3.69. The van der Waals surface area contributed by atoms with Crippen LogP contribution < -0.4 is 9.47 Å². The van der Waals surface area contributed by atoms with E-state index in [1.54, 1.807) is 12.1 Å². The van der Waals surface area contributed by atoms with Crippen LogP contribution in [-0.2, 0) is 0 Å². The van der Waals surface area contributed by atoms with Crippen molar-refractivity contribution in [2.75, 3.05) is 14.2 Å². The van der Waals surface area contributed by atoms with Gasteiger partial charge in [0, 0.05) is 0 Å². The first-order valence-electron chi connectivity index (χ1n) is 5.05. The van der Waals surface area contributed by atoms with Crippen molar-refractivity contribution in [1.82, 2.24) is 0 Å². The number of rotatable bonds is 5. The number of hydrogen-bond donors (Lipinski definition) is 0. The molecule has 0 aromatic heterocycles. The van der Waals surface area contributed by atoms with Crippen molar-refractivity contribution in [3.05, 3.63) is 40.8 Å². The van der Waals surface area contributed by atoms with Crippen LogP contribution in [0.1, 0.15) is 12.5 Å². The van der Waals surface area contributed by atoms with Crippen molar-refractivity contribution in [2.45, 2.75) is 6.92 Å². The summed E-state index contributed by atoms with van der Waals surface area (Å²) < 4.78 is 10.2. The minimum Gasteiger partial charge on any atom is -0.494 e. The third-order valence-electron chi connectivity index (χ3n) is 2.15. The van der Waals surface area contributed by atoms with E-state index in [1.807, 2.05) is 19.1 Å². The summed E-state index contributed by atoms with van der Waals surface area (Å²) in [5, 5.41) is 2.91. The lowest BCUT2D eigenvalue weighted by atomic mass is 10.1. The monoisotopic (exact) mass is 233 g/mol. The van der Waals surface area contributed by atoms with Gasteiger partial charge >= 0.3 is 0 Å². The van der Waals surface area contributed by atoms with E-state index in [-0.39, 0.29) is 5.69 Å². The van der Waals surface area contributed by atoms with E-state index in [0.717, 1.165) is 11.1 Å². The molecule has 0 amide bonds. The first-order chi connectivity index (χ1) is 8.12. The van der Waals surface area contributed by atoms with Gasteiger partial charge in [-0.05, 0) is 29.8 Å². The van der Waals surface area contributed by atoms with Gasteiger partial charge in [0.2, 0.25) is 0 Å². The minimum atomic E-state index is 0.169. The van der Waals surface area contributed by atoms with E-state index >= 15 is 0 Å². The highest BCUT2D eigenvalue weighted by molar-refractivity contribution is 5.68. The second kappa shape index (κ2) is 5.84. The molecule has 1 aromatic carbocycles. The van der Waals surface area contributed by atoms with Gasteiger partial charge in [-0.25, -0.2) is 0 Å². The van der Waals surface area contributed by atoms with Crippen LogP contribution in [0.25, 0.3) is 6.08 Å². The maximum absolute atomic E-state index is 10.7. The lowest BCUT2D eigenvalue weighted by Crippen LogP contribution is -1.90. The molecule has 4 nitrogen and oxygen atoms in total. The van der Waals surface area contributed by atoms with E-state index in [2.05, 4.69) is 11.8 Å². The van der Waals surface area contributed by atoms with Gasteiger partial charge in [-0.2, -0.15) is 0 Å². The van der Waals surface area contributed by atoms with Gasteiger partial charge in [0.05, 0.1) is 14.2 Å². The number of benzene rings is 1. The Labute approximate surface area is 101 Å². The average Bonchev–Trinajstić information content (AvgIpc) is 2.34. The second-order valence-electron chi connectivity index (χ2n) is 3.55. The zero-order chi connectivity index (χ0) is 12.8. The van der Waals surface area contributed by atoms with E-state index in [9.17, 15) is 4.91 Å². The maximum atomic E-state index is 10.7. The molecule has 90 valence electrons. The summed E-state index contributed by atoms with van der Waals surface area (Å²) in [4.78, 5) is 10.7. The Hall–Kier alpha value is -2.10. The van der Waals surface area contributed by atoms with Gasteiger partial charge in [-0.3, -0.25) is 0 Å². The molecule has 4 heteroatoms. The van der Waals surface area contributed by atoms with E-state index in [1.165, 1.54) is 14.2 Å². The first-order valence-corrected chi connectivity index (χ1v) is 5.05. The highest BCUT2D eigenvalue weighted by Crippen LogP contribution is 2.38. The Bertz CT molecular complexity index is 439. The number of allylic oxidation sites excluding steroid dienone is 2. The molecule has 0 atom stereocenters. The zero-order valence-corrected chi connectivity index (χ0v) is 10.2. The average molecular weight is 233 g/mol. The predicted molar refractivity (Wildman–Crippen MR) is 68.8 cm³/mol. The lowest BCUT2D eigenvalue weighted by Gasteiger charge is -2.08. The van der Waals surface area contributed by atoms with Crippen LogP contribution in [-0.4, -0.2) is 14.2 Å². The van der Waals surface area contributed by atoms with Crippen LogP contribution in [0, 0.1) is 4.91 Å². The summed E-state index contributed by atoms with van der Waals surface area (Å²) in [5.41, 5.74) is 1.96. The normalized spacial score (nSPS) is 10.3. The van der Waals surface area contributed by atoms with Gasteiger partial charge in [-0.15, -0.1) is 4.91 Å². The number of methoxy groups -OCH3 is 2. The van der Waals surface area contributed by atoms with Gasteiger partial charge in [0.15, 0.2) is 17.2 Å². The van der Waals surface area contributed by atoms with Gasteiger partial charge in [-0.1, -0.05) is 24.3 Å².